The number of carbonyl (C=O) groups is 1. The highest BCUT2D eigenvalue weighted by Gasteiger charge is 2.13. The average Bonchev–Trinajstić information content (AvgIpc) is 2.58. The maximum absolute atomic E-state index is 11.0. The van der Waals surface area contributed by atoms with Crippen LogP contribution in [0.4, 0.5) is 0 Å². The van der Waals surface area contributed by atoms with E-state index in [-0.39, 0.29) is 12.2 Å². The largest absolute Gasteiger partial charge is 0.477 e. The van der Waals surface area contributed by atoms with E-state index in [0.717, 1.165) is 15.4 Å². The first-order chi connectivity index (χ1) is 7.63. The highest BCUT2D eigenvalue weighted by atomic mass is 79.9. The van der Waals surface area contributed by atoms with Crippen molar-refractivity contribution in [3.63, 3.8) is 0 Å². The Morgan fingerprint density at radius 3 is 2.88 bits per heavy atom. The molecule has 1 heterocycles. The summed E-state index contributed by atoms with van der Waals surface area (Å²) in [4.78, 5) is 11.0. The zero-order valence-electron chi connectivity index (χ0n) is 8.27. The molecule has 0 spiro atoms. The molecule has 0 radical (unpaired) electrons. The van der Waals surface area contributed by atoms with Gasteiger partial charge in [-0.3, -0.25) is 0 Å². The van der Waals surface area contributed by atoms with E-state index in [9.17, 15) is 4.79 Å². The second kappa shape index (κ2) is 4.03. The molecule has 2 rings (SSSR count). The molecule has 0 saturated heterocycles. The molecule has 0 unspecified atom stereocenters. The molecule has 1 aromatic heterocycles. The van der Waals surface area contributed by atoms with Gasteiger partial charge in [0, 0.05) is 9.86 Å². The second-order valence-corrected chi connectivity index (χ2v) is 4.24. The normalized spacial score (nSPS) is 10.2. The van der Waals surface area contributed by atoms with Gasteiger partial charge in [-0.15, -0.1) is 6.42 Å². The van der Waals surface area contributed by atoms with E-state index < -0.39 is 5.97 Å². The molecule has 0 bridgehead atoms. The number of rotatable bonds is 2. The van der Waals surface area contributed by atoms with E-state index in [1.165, 1.54) is 0 Å². The van der Waals surface area contributed by atoms with Crippen molar-refractivity contribution < 1.29 is 9.90 Å². The SMILES string of the molecule is C#CCn1c(C(=O)O)cc2ccc(Br)cc21. The summed E-state index contributed by atoms with van der Waals surface area (Å²) in [6, 6.07) is 7.22. The van der Waals surface area contributed by atoms with Gasteiger partial charge in [0.1, 0.15) is 5.69 Å². The predicted octanol–water partition coefficient (Wildman–Crippen LogP) is 2.74. The minimum absolute atomic E-state index is 0.214. The van der Waals surface area contributed by atoms with Gasteiger partial charge in [0.05, 0.1) is 12.1 Å². The van der Waals surface area contributed by atoms with Crippen LogP contribution in [0.25, 0.3) is 10.9 Å². The Balaban J connectivity index is 2.78. The lowest BCUT2D eigenvalue weighted by Crippen LogP contribution is -2.07. The fourth-order valence-corrected chi connectivity index (χ4v) is 2.02. The number of carboxylic acid groups (broad SMARTS) is 1. The molecule has 1 N–H and O–H groups in total. The zero-order valence-corrected chi connectivity index (χ0v) is 9.86. The van der Waals surface area contributed by atoms with Crippen molar-refractivity contribution in [1.29, 1.82) is 0 Å². The number of benzene rings is 1. The van der Waals surface area contributed by atoms with Crippen LogP contribution in [-0.4, -0.2) is 15.6 Å². The molecule has 0 atom stereocenters. The Morgan fingerprint density at radius 2 is 2.25 bits per heavy atom. The van der Waals surface area contributed by atoms with E-state index in [1.807, 2.05) is 18.2 Å². The summed E-state index contributed by atoms with van der Waals surface area (Å²) in [5.41, 5.74) is 1.04. The third-order valence-electron chi connectivity index (χ3n) is 2.33. The Kier molecular flexibility index (Phi) is 2.71. The van der Waals surface area contributed by atoms with Crippen LogP contribution in [0.2, 0.25) is 0 Å². The summed E-state index contributed by atoms with van der Waals surface area (Å²) in [6.45, 7) is 0.252. The molecule has 0 saturated carbocycles. The number of halogens is 1. The van der Waals surface area contributed by atoms with Crippen molar-refractivity contribution in [2.75, 3.05) is 0 Å². The van der Waals surface area contributed by atoms with Crippen LogP contribution in [0.3, 0.4) is 0 Å². The lowest BCUT2D eigenvalue weighted by Gasteiger charge is -2.03. The van der Waals surface area contributed by atoms with Gasteiger partial charge in [0.2, 0.25) is 0 Å². The summed E-state index contributed by atoms with van der Waals surface area (Å²) in [5, 5.41) is 9.93. The number of terminal acetylenes is 1. The Bertz CT molecular complexity index is 607. The van der Waals surface area contributed by atoms with Crippen LogP contribution >= 0.6 is 15.9 Å². The summed E-state index contributed by atoms with van der Waals surface area (Å²) >= 11 is 3.35. The fourth-order valence-electron chi connectivity index (χ4n) is 1.67. The molecule has 2 aromatic rings. The van der Waals surface area contributed by atoms with E-state index in [0.29, 0.717) is 0 Å². The number of carboxylic acids is 1. The first-order valence-electron chi connectivity index (χ1n) is 4.59. The maximum Gasteiger partial charge on any atom is 0.352 e. The van der Waals surface area contributed by atoms with Gasteiger partial charge in [0.15, 0.2) is 0 Å². The number of hydrogen-bond donors (Lipinski definition) is 1. The van der Waals surface area contributed by atoms with Gasteiger partial charge in [0.25, 0.3) is 0 Å². The van der Waals surface area contributed by atoms with Crippen LogP contribution in [-0.2, 0) is 6.54 Å². The topological polar surface area (TPSA) is 42.2 Å². The van der Waals surface area contributed by atoms with E-state index in [2.05, 4.69) is 21.9 Å². The summed E-state index contributed by atoms with van der Waals surface area (Å²) < 4.78 is 2.51. The van der Waals surface area contributed by atoms with Gasteiger partial charge >= 0.3 is 5.97 Å². The van der Waals surface area contributed by atoms with Gasteiger partial charge in [-0.05, 0) is 18.2 Å². The average molecular weight is 278 g/mol. The van der Waals surface area contributed by atoms with Crippen LogP contribution < -0.4 is 0 Å². The predicted molar refractivity (Wildman–Crippen MR) is 65.4 cm³/mol. The Labute approximate surface area is 101 Å². The number of fused-ring (bicyclic) bond motifs is 1. The first-order valence-corrected chi connectivity index (χ1v) is 5.38. The maximum atomic E-state index is 11.0. The molecule has 0 aliphatic rings. The van der Waals surface area contributed by atoms with E-state index in [1.54, 1.807) is 10.6 Å². The Hall–Kier alpha value is -1.73. The number of hydrogen-bond acceptors (Lipinski definition) is 1. The molecular formula is C12H8BrNO2. The molecule has 1 aromatic carbocycles. The Morgan fingerprint density at radius 1 is 1.50 bits per heavy atom. The fraction of sp³-hybridized carbons (Fsp3) is 0.0833. The van der Waals surface area contributed by atoms with Gasteiger partial charge in [-0.2, -0.15) is 0 Å². The lowest BCUT2D eigenvalue weighted by molar-refractivity contribution is 0.0686. The van der Waals surface area contributed by atoms with Gasteiger partial charge < -0.3 is 9.67 Å². The minimum atomic E-state index is -0.970. The van der Waals surface area contributed by atoms with Crippen molar-refractivity contribution in [1.82, 2.24) is 4.57 Å². The monoisotopic (exact) mass is 277 g/mol. The molecule has 0 amide bonds. The highest BCUT2D eigenvalue weighted by Crippen LogP contribution is 2.23. The standard InChI is InChI=1S/C12H8BrNO2/c1-2-5-14-10-7-9(13)4-3-8(10)6-11(14)12(15)16/h1,3-4,6-7H,5H2,(H,15,16). The molecule has 80 valence electrons. The molecular weight excluding hydrogens is 270 g/mol. The summed E-state index contributed by atoms with van der Waals surface area (Å²) in [5.74, 6) is 1.49. The van der Waals surface area contributed by atoms with Crippen LogP contribution in [0, 0.1) is 12.3 Å². The summed E-state index contributed by atoms with van der Waals surface area (Å²) in [6.07, 6.45) is 5.24. The van der Waals surface area contributed by atoms with Crippen molar-refractivity contribution in [3.8, 4) is 12.3 Å². The van der Waals surface area contributed by atoms with Crippen LogP contribution in [0.15, 0.2) is 28.7 Å². The lowest BCUT2D eigenvalue weighted by atomic mass is 10.2. The van der Waals surface area contributed by atoms with Crippen LogP contribution in [0.1, 0.15) is 10.5 Å². The van der Waals surface area contributed by atoms with Gasteiger partial charge in [-0.25, -0.2) is 4.79 Å². The smallest absolute Gasteiger partial charge is 0.352 e. The number of aromatic carboxylic acids is 1. The number of nitrogens with zero attached hydrogens (tertiary/aromatic N) is 1. The number of aromatic nitrogens is 1. The first kappa shape index (κ1) is 10.8. The van der Waals surface area contributed by atoms with E-state index in [4.69, 9.17) is 11.5 Å². The third kappa shape index (κ3) is 1.70. The molecule has 0 aliphatic carbocycles. The summed E-state index contributed by atoms with van der Waals surface area (Å²) in [7, 11) is 0. The van der Waals surface area contributed by atoms with Crippen molar-refractivity contribution in [3.05, 3.63) is 34.4 Å². The van der Waals surface area contributed by atoms with E-state index >= 15 is 0 Å². The minimum Gasteiger partial charge on any atom is -0.477 e. The molecule has 4 heteroatoms. The quantitative estimate of drug-likeness (QED) is 0.858. The molecule has 16 heavy (non-hydrogen) atoms. The second-order valence-electron chi connectivity index (χ2n) is 3.33. The highest BCUT2D eigenvalue weighted by molar-refractivity contribution is 9.10. The van der Waals surface area contributed by atoms with Crippen molar-refractivity contribution in [2.45, 2.75) is 6.54 Å². The molecule has 0 fully saturated rings. The third-order valence-corrected chi connectivity index (χ3v) is 2.83. The molecule has 0 aliphatic heterocycles. The van der Waals surface area contributed by atoms with Crippen LogP contribution in [0.5, 0.6) is 0 Å². The van der Waals surface area contributed by atoms with Gasteiger partial charge in [-0.1, -0.05) is 27.9 Å². The zero-order chi connectivity index (χ0) is 11.7. The van der Waals surface area contributed by atoms with Crippen molar-refractivity contribution in [2.24, 2.45) is 0 Å². The molecule has 3 nitrogen and oxygen atoms in total. The van der Waals surface area contributed by atoms with Crippen molar-refractivity contribution >= 4 is 32.8 Å².